The highest BCUT2D eigenvalue weighted by Gasteiger charge is 2.31. The first-order valence-corrected chi connectivity index (χ1v) is 5.43. The Kier molecular flexibility index (Phi) is 1.62. The summed E-state index contributed by atoms with van der Waals surface area (Å²) in [7, 11) is 0. The molecule has 66 valence electrons. The number of benzene rings is 1. The van der Waals surface area contributed by atoms with Gasteiger partial charge in [-0.2, -0.15) is 0 Å². The van der Waals surface area contributed by atoms with E-state index < -0.39 is 0 Å². The van der Waals surface area contributed by atoms with Gasteiger partial charge in [0.1, 0.15) is 5.75 Å². The molecule has 3 rings (SSSR count). The van der Waals surface area contributed by atoms with E-state index in [-0.39, 0.29) is 0 Å². The van der Waals surface area contributed by atoms with E-state index in [2.05, 4.69) is 29.7 Å². The third kappa shape index (κ3) is 1.09. The summed E-state index contributed by atoms with van der Waals surface area (Å²) in [6.07, 6.45) is 2.26. The summed E-state index contributed by atoms with van der Waals surface area (Å²) in [6.45, 7) is 0.838. The van der Waals surface area contributed by atoms with E-state index in [0.29, 0.717) is 11.2 Å². The van der Waals surface area contributed by atoms with Crippen LogP contribution in [0.25, 0.3) is 0 Å². The second-order valence-electron chi connectivity index (χ2n) is 3.40. The number of thioether (sulfide) groups is 1. The SMILES string of the molecule is C1=CC2COc3ccccc3C2S1. The Morgan fingerprint density at radius 2 is 2.23 bits per heavy atom. The van der Waals surface area contributed by atoms with E-state index in [1.807, 2.05) is 17.8 Å². The Balaban J connectivity index is 2.08. The monoisotopic (exact) mass is 190 g/mol. The molecule has 0 amide bonds. The summed E-state index contributed by atoms with van der Waals surface area (Å²) in [5.41, 5.74) is 1.36. The summed E-state index contributed by atoms with van der Waals surface area (Å²) < 4.78 is 5.67. The van der Waals surface area contributed by atoms with Crippen LogP contribution in [-0.2, 0) is 0 Å². The molecular formula is C11H10OS. The first kappa shape index (κ1) is 7.51. The van der Waals surface area contributed by atoms with Crippen molar-refractivity contribution in [2.75, 3.05) is 6.61 Å². The van der Waals surface area contributed by atoms with Crippen LogP contribution in [0.5, 0.6) is 5.75 Å². The van der Waals surface area contributed by atoms with Crippen LogP contribution in [0.2, 0.25) is 0 Å². The molecular weight excluding hydrogens is 180 g/mol. The molecule has 2 heteroatoms. The van der Waals surface area contributed by atoms with Gasteiger partial charge in [-0.3, -0.25) is 0 Å². The van der Waals surface area contributed by atoms with Crippen LogP contribution in [0.3, 0.4) is 0 Å². The maximum absolute atomic E-state index is 5.67. The van der Waals surface area contributed by atoms with Gasteiger partial charge in [0, 0.05) is 16.7 Å². The number of fused-ring (bicyclic) bond motifs is 3. The third-order valence-corrected chi connectivity index (χ3v) is 3.81. The lowest BCUT2D eigenvalue weighted by atomic mass is 9.96. The van der Waals surface area contributed by atoms with Crippen molar-refractivity contribution in [3.63, 3.8) is 0 Å². The van der Waals surface area contributed by atoms with Gasteiger partial charge >= 0.3 is 0 Å². The van der Waals surface area contributed by atoms with Crippen molar-refractivity contribution < 1.29 is 4.74 Å². The highest BCUT2D eigenvalue weighted by molar-refractivity contribution is 8.02. The van der Waals surface area contributed by atoms with Crippen molar-refractivity contribution in [1.82, 2.24) is 0 Å². The summed E-state index contributed by atoms with van der Waals surface area (Å²) in [4.78, 5) is 0. The summed E-state index contributed by atoms with van der Waals surface area (Å²) in [5.74, 6) is 1.65. The molecule has 2 aliphatic heterocycles. The van der Waals surface area contributed by atoms with Crippen molar-refractivity contribution in [3.8, 4) is 5.75 Å². The van der Waals surface area contributed by atoms with E-state index in [0.717, 1.165) is 12.4 Å². The largest absolute Gasteiger partial charge is 0.493 e. The number of hydrogen-bond acceptors (Lipinski definition) is 2. The molecule has 0 bridgehead atoms. The van der Waals surface area contributed by atoms with E-state index in [4.69, 9.17) is 4.74 Å². The zero-order valence-corrected chi connectivity index (χ0v) is 7.96. The molecule has 1 nitrogen and oxygen atoms in total. The summed E-state index contributed by atoms with van der Waals surface area (Å²) in [5, 5.41) is 2.80. The minimum Gasteiger partial charge on any atom is -0.493 e. The molecule has 0 saturated heterocycles. The Morgan fingerprint density at radius 1 is 1.31 bits per heavy atom. The maximum Gasteiger partial charge on any atom is 0.123 e. The van der Waals surface area contributed by atoms with Crippen molar-refractivity contribution >= 4 is 11.8 Å². The van der Waals surface area contributed by atoms with Crippen LogP contribution in [0, 0.1) is 5.92 Å². The normalized spacial score (nSPS) is 29.2. The minimum absolute atomic E-state index is 0.583. The second-order valence-corrected chi connectivity index (χ2v) is 4.45. The number of hydrogen-bond donors (Lipinski definition) is 0. The van der Waals surface area contributed by atoms with Crippen molar-refractivity contribution in [2.45, 2.75) is 5.25 Å². The van der Waals surface area contributed by atoms with E-state index in [9.17, 15) is 0 Å². The Morgan fingerprint density at radius 3 is 3.23 bits per heavy atom. The van der Waals surface area contributed by atoms with Crippen LogP contribution in [0.15, 0.2) is 35.7 Å². The highest BCUT2D eigenvalue weighted by atomic mass is 32.2. The molecule has 1 aromatic carbocycles. The molecule has 0 spiro atoms. The molecule has 2 aliphatic rings. The smallest absolute Gasteiger partial charge is 0.123 e. The fourth-order valence-corrected chi connectivity index (χ4v) is 3.09. The Bertz CT molecular complexity index is 359. The van der Waals surface area contributed by atoms with Gasteiger partial charge in [-0.15, -0.1) is 11.8 Å². The van der Waals surface area contributed by atoms with Gasteiger partial charge in [0.2, 0.25) is 0 Å². The van der Waals surface area contributed by atoms with Gasteiger partial charge in [-0.1, -0.05) is 24.3 Å². The molecule has 0 radical (unpaired) electrons. The Labute approximate surface area is 81.8 Å². The van der Waals surface area contributed by atoms with Gasteiger partial charge in [0.05, 0.1) is 6.61 Å². The second kappa shape index (κ2) is 2.81. The van der Waals surface area contributed by atoms with Crippen LogP contribution in [-0.4, -0.2) is 6.61 Å². The zero-order valence-electron chi connectivity index (χ0n) is 7.14. The quantitative estimate of drug-likeness (QED) is 0.622. The lowest BCUT2D eigenvalue weighted by Crippen LogP contribution is -2.20. The topological polar surface area (TPSA) is 9.23 Å². The third-order valence-electron chi connectivity index (χ3n) is 2.60. The number of ether oxygens (including phenoxy) is 1. The number of para-hydroxylation sites is 1. The molecule has 0 saturated carbocycles. The Hall–Kier alpha value is -0.890. The average Bonchev–Trinajstić information content (AvgIpc) is 2.65. The molecule has 1 aromatic rings. The fourth-order valence-electron chi connectivity index (χ4n) is 1.91. The van der Waals surface area contributed by atoms with Crippen LogP contribution in [0.1, 0.15) is 10.8 Å². The first-order valence-electron chi connectivity index (χ1n) is 4.49. The number of rotatable bonds is 0. The van der Waals surface area contributed by atoms with Crippen LogP contribution >= 0.6 is 11.8 Å². The van der Waals surface area contributed by atoms with Crippen LogP contribution < -0.4 is 4.74 Å². The van der Waals surface area contributed by atoms with Crippen molar-refractivity contribution in [2.24, 2.45) is 5.92 Å². The average molecular weight is 190 g/mol. The molecule has 2 unspecified atom stereocenters. The lowest BCUT2D eigenvalue weighted by Gasteiger charge is -2.27. The summed E-state index contributed by atoms with van der Waals surface area (Å²) in [6, 6.07) is 8.35. The van der Waals surface area contributed by atoms with Gasteiger partial charge in [-0.05, 0) is 11.5 Å². The molecule has 2 heterocycles. The fraction of sp³-hybridized carbons (Fsp3) is 0.273. The molecule has 0 N–H and O–H groups in total. The molecule has 0 aliphatic carbocycles. The van der Waals surface area contributed by atoms with E-state index >= 15 is 0 Å². The van der Waals surface area contributed by atoms with Crippen molar-refractivity contribution in [3.05, 3.63) is 41.3 Å². The molecule has 0 fully saturated rings. The van der Waals surface area contributed by atoms with E-state index in [1.165, 1.54) is 5.56 Å². The van der Waals surface area contributed by atoms with Crippen molar-refractivity contribution in [1.29, 1.82) is 0 Å². The predicted octanol–water partition coefficient (Wildman–Crippen LogP) is 3.00. The standard InChI is InChI=1S/C11H10OS/c1-2-4-10-9(3-1)11-8(7-12-10)5-6-13-11/h1-6,8,11H,7H2. The zero-order chi connectivity index (χ0) is 8.67. The van der Waals surface area contributed by atoms with Crippen LogP contribution in [0.4, 0.5) is 0 Å². The first-order chi connectivity index (χ1) is 6.45. The predicted molar refractivity (Wildman–Crippen MR) is 54.9 cm³/mol. The van der Waals surface area contributed by atoms with Gasteiger partial charge in [-0.25, -0.2) is 0 Å². The highest BCUT2D eigenvalue weighted by Crippen LogP contribution is 2.48. The summed E-state index contributed by atoms with van der Waals surface area (Å²) >= 11 is 1.91. The molecule has 2 atom stereocenters. The maximum atomic E-state index is 5.67. The van der Waals surface area contributed by atoms with Gasteiger partial charge in [0.25, 0.3) is 0 Å². The molecule has 13 heavy (non-hydrogen) atoms. The minimum atomic E-state index is 0.583. The molecule has 0 aromatic heterocycles. The lowest BCUT2D eigenvalue weighted by molar-refractivity contribution is 0.249. The van der Waals surface area contributed by atoms with E-state index in [1.54, 1.807) is 0 Å². The van der Waals surface area contributed by atoms with Gasteiger partial charge < -0.3 is 4.74 Å². The van der Waals surface area contributed by atoms with Gasteiger partial charge in [0.15, 0.2) is 0 Å².